The van der Waals surface area contributed by atoms with Gasteiger partial charge in [-0.2, -0.15) is 0 Å². The van der Waals surface area contributed by atoms with Gasteiger partial charge in [0.05, 0.1) is 13.0 Å². The van der Waals surface area contributed by atoms with Crippen LogP contribution in [0.5, 0.6) is 0 Å². The van der Waals surface area contributed by atoms with Crippen molar-refractivity contribution in [3.63, 3.8) is 0 Å². The SMILES string of the molecule is COC(=O)[C@@H](C)CC(=O)NC(=O)c1coc(Cc2ccccc2)cc1=O. The summed E-state index contributed by atoms with van der Waals surface area (Å²) in [6.07, 6.45) is 1.22. The van der Waals surface area contributed by atoms with E-state index < -0.39 is 29.1 Å². The van der Waals surface area contributed by atoms with E-state index in [0.29, 0.717) is 12.2 Å². The van der Waals surface area contributed by atoms with Gasteiger partial charge in [0.15, 0.2) is 5.43 Å². The Bertz CT molecular complexity index is 856. The highest BCUT2D eigenvalue weighted by Gasteiger charge is 2.20. The molecule has 0 spiro atoms. The largest absolute Gasteiger partial charge is 0.469 e. The molecule has 0 fully saturated rings. The van der Waals surface area contributed by atoms with Gasteiger partial charge in [-0.15, -0.1) is 0 Å². The van der Waals surface area contributed by atoms with Crippen LogP contribution >= 0.6 is 0 Å². The number of hydrogen-bond acceptors (Lipinski definition) is 6. The molecule has 1 heterocycles. The molecule has 2 amide bonds. The topological polar surface area (TPSA) is 103 Å². The predicted octanol–water partition coefficient (Wildman–Crippen LogP) is 1.69. The van der Waals surface area contributed by atoms with Crippen LogP contribution in [0, 0.1) is 5.92 Å². The van der Waals surface area contributed by atoms with Crippen molar-refractivity contribution in [3.8, 4) is 0 Å². The van der Waals surface area contributed by atoms with Crippen molar-refractivity contribution in [2.45, 2.75) is 19.8 Å². The lowest BCUT2D eigenvalue weighted by Crippen LogP contribution is -2.35. The summed E-state index contributed by atoms with van der Waals surface area (Å²) in [5, 5.41) is 2.07. The molecule has 1 aromatic carbocycles. The van der Waals surface area contributed by atoms with Crippen LogP contribution in [0.1, 0.15) is 35.0 Å². The zero-order valence-electron chi connectivity index (χ0n) is 14.5. The Kier molecular flexibility index (Phi) is 6.43. The lowest BCUT2D eigenvalue weighted by molar-refractivity contribution is -0.146. The Labute approximate surface area is 150 Å². The van der Waals surface area contributed by atoms with Gasteiger partial charge >= 0.3 is 5.97 Å². The van der Waals surface area contributed by atoms with Gasteiger partial charge < -0.3 is 9.15 Å². The van der Waals surface area contributed by atoms with Gasteiger partial charge in [0.1, 0.15) is 17.6 Å². The summed E-state index contributed by atoms with van der Waals surface area (Å²) in [5.74, 6) is -2.40. The minimum atomic E-state index is -0.868. The number of amides is 2. The van der Waals surface area contributed by atoms with Crippen molar-refractivity contribution in [1.29, 1.82) is 0 Å². The smallest absolute Gasteiger partial charge is 0.308 e. The van der Waals surface area contributed by atoms with Crippen molar-refractivity contribution in [2.24, 2.45) is 5.92 Å². The molecule has 2 aromatic rings. The Morgan fingerprint density at radius 1 is 1.19 bits per heavy atom. The maximum Gasteiger partial charge on any atom is 0.308 e. The molecule has 7 heteroatoms. The first-order valence-corrected chi connectivity index (χ1v) is 7.98. The number of benzene rings is 1. The molecular formula is C19H19NO6. The van der Waals surface area contributed by atoms with E-state index in [1.54, 1.807) is 0 Å². The van der Waals surface area contributed by atoms with Gasteiger partial charge in [0.25, 0.3) is 5.91 Å². The van der Waals surface area contributed by atoms with Crippen LogP contribution in [0.4, 0.5) is 0 Å². The van der Waals surface area contributed by atoms with Crippen LogP contribution in [0.2, 0.25) is 0 Å². The maximum atomic E-state index is 12.1. The Balaban J connectivity index is 2.02. The zero-order chi connectivity index (χ0) is 19.1. The molecule has 7 nitrogen and oxygen atoms in total. The Hall–Kier alpha value is -3.22. The molecule has 1 N–H and O–H groups in total. The Morgan fingerprint density at radius 2 is 1.88 bits per heavy atom. The van der Waals surface area contributed by atoms with Gasteiger partial charge in [-0.25, -0.2) is 0 Å². The number of nitrogens with one attached hydrogen (secondary N) is 1. The standard InChI is InChI=1S/C19H19NO6/c1-12(19(24)25-2)8-17(22)20-18(23)15-11-26-14(10-16(15)21)9-13-6-4-3-5-7-13/h3-7,10-12H,8-9H2,1-2H3,(H,20,22,23)/t12-/m0/s1. The van der Waals surface area contributed by atoms with Crippen LogP contribution < -0.4 is 10.7 Å². The fraction of sp³-hybridized carbons (Fsp3) is 0.263. The monoisotopic (exact) mass is 357 g/mol. The van der Waals surface area contributed by atoms with Crippen LogP contribution in [0.15, 0.2) is 51.9 Å². The molecule has 0 radical (unpaired) electrons. The summed E-state index contributed by atoms with van der Waals surface area (Å²) in [6, 6.07) is 10.6. The van der Waals surface area contributed by atoms with Crippen molar-refractivity contribution in [2.75, 3.05) is 7.11 Å². The third kappa shape index (κ3) is 5.14. The van der Waals surface area contributed by atoms with E-state index in [1.165, 1.54) is 20.1 Å². The average Bonchev–Trinajstić information content (AvgIpc) is 2.61. The second-order valence-electron chi connectivity index (χ2n) is 5.79. The minimum absolute atomic E-state index is 0.226. The first-order valence-electron chi connectivity index (χ1n) is 7.98. The molecule has 1 aromatic heterocycles. The van der Waals surface area contributed by atoms with Gasteiger partial charge in [-0.05, 0) is 5.56 Å². The van der Waals surface area contributed by atoms with Crippen molar-refractivity contribution >= 4 is 17.8 Å². The third-order valence-corrected chi connectivity index (χ3v) is 3.70. The molecule has 0 aliphatic rings. The molecule has 0 aliphatic heterocycles. The van der Waals surface area contributed by atoms with Gasteiger partial charge in [-0.3, -0.25) is 24.5 Å². The fourth-order valence-electron chi connectivity index (χ4n) is 2.31. The second-order valence-corrected chi connectivity index (χ2v) is 5.79. The molecule has 26 heavy (non-hydrogen) atoms. The number of ether oxygens (including phenoxy) is 1. The second kappa shape index (κ2) is 8.75. The Morgan fingerprint density at radius 3 is 2.50 bits per heavy atom. The maximum absolute atomic E-state index is 12.1. The highest BCUT2D eigenvalue weighted by Crippen LogP contribution is 2.09. The summed E-state index contributed by atoms with van der Waals surface area (Å²) < 4.78 is 9.85. The van der Waals surface area contributed by atoms with Crippen LogP contribution in [-0.2, 0) is 20.7 Å². The zero-order valence-corrected chi connectivity index (χ0v) is 14.5. The third-order valence-electron chi connectivity index (χ3n) is 3.70. The van der Waals surface area contributed by atoms with Crippen molar-refractivity contribution in [1.82, 2.24) is 5.32 Å². The predicted molar refractivity (Wildman–Crippen MR) is 92.5 cm³/mol. The first kappa shape index (κ1) is 19.1. The van der Waals surface area contributed by atoms with E-state index in [0.717, 1.165) is 11.8 Å². The van der Waals surface area contributed by atoms with Crippen molar-refractivity contribution in [3.05, 3.63) is 69.8 Å². The van der Waals surface area contributed by atoms with Gasteiger partial charge in [0.2, 0.25) is 5.91 Å². The summed E-state index contributed by atoms with van der Waals surface area (Å²) in [4.78, 5) is 47.3. The number of rotatable bonds is 6. The number of esters is 1. The van der Waals surface area contributed by atoms with Crippen molar-refractivity contribution < 1.29 is 23.5 Å². The number of carbonyl (C=O) groups is 3. The van der Waals surface area contributed by atoms with Crippen LogP contribution in [-0.4, -0.2) is 24.9 Å². The summed E-state index contributed by atoms with van der Waals surface area (Å²) in [7, 11) is 1.21. The normalized spacial score (nSPS) is 11.5. The van der Waals surface area contributed by atoms with E-state index in [2.05, 4.69) is 10.1 Å². The minimum Gasteiger partial charge on any atom is -0.469 e. The number of carbonyl (C=O) groups excluding carboxylic acids is 3. The van der Waals surface area contributed by atoms with E-state index in [4.69, 9.17) is 4.42 Å². The number of methoxy groups -OCH3 is 1. The summed E-state index contributed by atoms with van der Waals surface area (Å²) >= 11 is 0. The van der Waals surface area contributed by atoms with E-state index in [-0.39, 0.29) is 12.0 Å². The first-order chi connectivity index (χ1) is 12.4. The number of imide groups is 1. The molecule has 136 valence electrons. The van der Waals surface area contributed by atoms with Gasteiger partial charge in [-0.1, -0.05) is 37.3 Å². The van der Waals surface area contributed by atoms with Crippen LogP contribution in [0.3, 0.4) is 0 Å². The number of hydrogen-bond donors (Lipinski definition) is 1. The highest BCUT2D eigenvalue weighted by molar-refractivity contribution is 6.04. The van der Waals surface area contributed by atoms with E-state index in [1.807, 2.05) is 30.3 Å². The lowest BCUT2D eigenvalue weighted by Gasteiger charge is -2.08. The molecule has 0 saturated heterocycles. The molecular weight excluding hydrogens is 338 g/mol. The lowest BCUT2D eigenvalue weighted by atomic mass is 10.1. The highest BCUT2D eigenvalue weighted by atomic mass is 16.5. The molecule has 1 atom stereocenters. The van der Waals surface area contributed by atoms with E-state index in [9.17, 15) is 19.2 Å². The van der Waals surface area contributed by atoms with Gasteiger partial charge in [0, 0.05) is 18.9 Å². The molecule has 0 unspecified atom stereocenters. The summed E-state index contributed by atoms with van der Waals surface area (Å²) in [6.45, 7) is 1.50. The molecule has 0 saturated carbocycles. The quantitative estimate of drug-likeness (QED) is 0.789. The van der Waals surface area contributed by atoms with E-state index >= 15 is 0 Å². The fourth-order valence-corrected chi connectivity index (χ4v) is 2.31. The molecule has 0 aliphatic carbocycles. The molecule has 0 bridgehead atoms. The molecule has 2 rings (SSSR count). The average molecular weight is 357 g/mol. The van der Waals surface area contributed by atoms with Crippen LogP contribution in [0.25, 0.3) is 0 Å². The summed E-state index contributed by atoms with van der Waals surface area (Å²) in [5.41, 5.74) is 0.134.